The number of rotatable bonds is 6. The van der Waals surface area contributed by atoms with Gasteiger partial charge in [0.25, 0.3) is 0 Å². The van der Waals surface area contributed by atoms with Gasteiger partial charge in [0.15, 0.2) is 11.6 Å². The highest BCUT2D eigenvalue weighted by atomic mass is 16.3. The molecule has 0 amide bonds. The first kappa shape index (κ1) is 31.9. The molecule has 3 heterocycles. The number of nitrogens with zero attached hydrogens (tertiary/aromatic N) is 4. The quantitative estimate of drug-likeness (QED) is 0.172. The van der Waals surface area contributed by atoms with Crippen molar-refractivity contribution in [1.29, 1.82) is 0 Å². The van der Waals surface area contributed by atoms with Gasteiger partial charge in [0.1, 0.15) is 11.2 Å². The van der Waals surface area contributed by atoms with E-state index in [9.17, 15) is 0 Å². The second-order valence-corrected chi connectivity index (χ2v) is 14.0. The highest BCUT2D eigenvalue weighted by Gasteiger charge is 2.21. The molecule has 262 valence electrons. The average molecular weight is 717 g/mol. The number of para-hydroxylation sites is 1. The molecule has 0 saturated heterocycles. The molecule has 11 aromatic rings. The Kier molecular flexibility index (Phi) is 7.42. The first-order valence-corrected chi connectivity index (χ1v) is 18.8. The third kappa shape index (κ3) is 5.29. The van der Waals surface area contributed by atoms with Gasteiger partial charge >= 0.3 is 0 Å². The Labute approximate surface area is 322 Å². The van der Waals surface area contributed by atoms with Gasteiger partial charge in [0, 0.05) is 32.7 Å². The van der Waals surface area contributed by atoms with E-state index in [0.29, 0.717) is 17.6 Å². The van der Waals surface area contributed by atoms with Gasteiger partial charge in [-0.15, -0.1) is 0 Å². The maximum absolute atomic E-state index is 6.55. The molecule has 0 saturated carbocycles. The van der Waals surface area contributed by atoms with E-state index in [2.05, 4.69) is 180 Å². The monoisotopic (exact) mass is 716 g/mol. The van der Waals surface area contributed by atoms with Gasteiger partial charge < -0.3 is 4.42 Å². The van der Waals surface area contributed by atoms with Crippen LogP contribution in [-0.4, -0.2) is 19.5 Å². The lowest BCUT2D eigenvalue weighted by Gasteiger charge is -2.12. The van der Waals surface area contributed by atoms with Crippen molar-refractivity contribution in [2.24, 2.45) is 0 Å². The fourth-order valence-corrected chi connectivity index (χ4v) is 8.11. The molecule has 56 heavy (non-hydrogen) atoms. The Bertz CT molecular complexity index is 3240. The molecular weight excluding hydrogens is 685 g/mol. The SMILES string of the molecule is c1ccc(-c2cccc(-c3nc(-c4ccc5c(c4)oc4cccc(-c6ccccc6)c45)nc(-n4c5ccccc5c5c(-c6ccccc6)cccc54)n3)c2)cc1. The van der Waals surface area contributed by atoms with Gasteiger partial charge in [-0.25, -0.2) is 4.98 Å². The Morgan fingerprint density at radius 1 is 0.339 bits per heavy atom. The number of benzene rings is 8. The van der Waals surface area contributed by atoms with Gasteiger partial charge in [-0.2, -0.15) is 9.97 Å². The average Bonchev–Trinajstić information content (AvgIpc) is 3.83. The van der Waals surface area contributed by atoms with Crippen LogP contribution in [0, 0.1) is 0 Å². The van der Waals surface area contributed by atoms with Gasteiger partial charge in [-0.1, -0.05) is 158 Å². The van der Waals surface area contributed by atoms with Crippen LogP contribution in [0.25, 0.3) is 106 Å². The van der Waals surface area contributed by atoms with Crippen molar-refractivity contribution in [3.05, 3.63) is 194 Å². The fourth-order valence-electron chi connectivity index (χ4n) is 8.11. The summed E-state index contributed by atoms with van der Waals surface area (Å²) >= 11 is 0. The largest absolute Gasteiger partial charge is 0.456 e. The number of hydrogen-bond acceptors (Lipinski definition) is 4. The van der Waals surface area contributed by atoms with Crippen molar-refractivity contribution in [3.8, 4) is 62.1 Å². The maximum Gasteiger partial charge on any atom is 0.238 e. The Morgan fingerprint density at radius 3 is 1.62 bits per heavy atom. The van der Waals surface area contributed by atoms with E-state index in [1.54, 1.807) is 0 Å². The summed E-state index contributed by atoms with van der Waals surface area (Å²) in [6.07, 6.45) is 0. The summed E-state index contributed by atoms with van der Waals surface area (Å²) in [6.45, 7) is 0. The van der Waals surface area contributed by atoms with Crippen LogP contribution in [0.5, 0.6) is 0 Å². The summed E-state index contributed by atoms with van der Waals surface area (Å²) in [5.74, 6) is 1.69. The Morgan fingerprint density at radius 2 is 0.893 bits per heavy atom. The molecule has 0 atom stereocenters. The van der Waals surface area contributed by atoms with Crippen molar-refractivity contribution in [2.45, 2.75) is 0 Å². The Balaban J connectivity index is 1.15. The number of aromatic nitrogens is 4. The first-order chi connectivity index (χ1) is 27.8. The molecule has 0 bridgehead atoms. The predicted octanol–water partition coefficient (Wildman–Crippen LogP) is 13.2. The van der Waals surface area contributed by atoms with E-state index in [4.69, 9.17) is 19.4 Å². The zero-order chi connectivity index (χ0) is 37.0. The molecule has 0 aliphatic heterocycles. The third-order valence-electron chi connectivity index (χ3n) is 10.7. The highest BCUT2D eigenvalue weighted by Crippen LogP contribution is 2.40. The molecule has 5 heteroatoms. The van der Waals surface area contributed by atoms with Crippen LogP contribution in [-0.2, 0) is 0 Å². The second-order valence-electron chi connectivity index (χ2n) is 14.0. The van der Waals surface area contributed by atoms with Crippen molar-refractivity contribution < 1.29 is 4.42 Å². The maximum atomic E-state index is 6.55. The van der Waals surface area contributed by atoms with Crippen LogP contribution in [0.2, 0.25) is 0 Å². The smallest absolute Gasteiger partial charge is 0.238 e. The minimum Gasteiger partial charge on any atom is -0.456 e. The molecule has 0 radical (unpaired) electrons. The van der Waals surface area contributed by atoms with Gasteiger partial charge in [0.2, 0.25) is 5.95 Å². The van der Waals surface area contributed by atoms with Gasteiger partial charge in [-0.05, 0) is 69.8 Å². The van der Waals surface area contributed by atoms with Crippen molar-refractivity contribution in [2.75, 3.05) is 0 Å². The van der Waals surface area contributed by atoms with E-state index in [1.807, 2.05) is 18.2 Å². The highest BCUT2D eigenvalue weighted by molar-refractivity contribution is 6.16. The van der Waals surface area contributed by atoms with Gasteiger partial charge in [-0.3, -0.25) is 4.57 Å². The van der Waals surface area contributed by atoms with E-state index >= 15 is 0 Å². The molecule has 11 rings (SSSR count). The minimum atomic E-state index is 0.544. The van der Waals surface area contributed by atoms with Crippen LogP contribution in [0.3, 0.4) is 0 Å². The van der Waals surface area contributed by atoms with Gasteiger partial charge in [0.05, 0.1) is 11.0 Å². The normalized spacial score (nSPS) is 11.6. The number of fused-ring (bicyclic) bond motifs is 6. The van der Waals surface area contributed by atoms with Crippen LogP contribution in [0.1, 0.15) is 0 Å². The lowest BCUT2D eigenvalue weighted by atomic mass is 9.99. The van der Waals surface area contributed by atoms with Crippen LogP contribution in [0.4, 0.5) is 0 Å². The molecule has 5 nitrogen and oxygen atoms in total. The van der Waals surface area contributed by atoms with Crippen LogP contribution in [0.15, 0.2) is 199 Å². The third-order valence-corrected chi connectivity index (χ3v) is 10.7. The topological polar surface area (TPSA) is 56.7 Å². The fraction of sp³-hybridized carbons (Fsp3) is 0. The van der Waals surface area contributed by atoms with Crippen LogP contribution < -0.4 is 0 Å². The summed E-state index contributed by atoms with van der Waals surface area (Å²) in [7, 11) is 0. The predicted molar refractivity (Wildman–Crippen MR) is 229 cm³/mol. The molecule has 0 aliphatic carbocycles. The zero-order valence-corrected chi connectivity index (χ0v) is 30.2. The van der Waals surface area contributed by atoms with Crippen molar-refractivity contribution in [3.63, 3.8) is 0 Å². The number of hydrogen-bond donors (Lipinski definition) is 0. The van der Waals surface area contributed by atoms with E-state index in [-0.39, 0.29) is 0 Å². The minimum absolute atomic E-state index is 0.544. The molecule has 3 aromatic heterocycles. The van der Waals surface area contributed by atoms with E-state index in [1.165, 1.54) is 0 Å². The molecule has 0 fully saturated rings. The summed E-state index contributed by atoms with van der Waals surface area (Å²) < 4.78 is 8.73. The lowest BCUT2D eigenvalue weighted by molar-refractivity contribution is 0.669. The molecule has 0 aliphatic rings. The Hall–Kier alpha value is -7.63. The lowest BCUT2D eigenvalue weighted by Crippen LogP contribution is -2.06. The summed E-state index contributed by atoms with van der Waals surface area (Å²) in [5.41, 5.74) is 12.2. The van der Waals surface area contributed by atoms with Crippen LogP contribution >= 0.6 is 0 Å². The first-order valence-electron chi connectivity index (χ1n) is 18.8. The van der Waals surface area contributed by atoms with E-state index < -0.39 is 0 Å². The summed E-state index contributed by atoms with van der Waals surface area (Å²) in [5, 5.41) is 4.43. The molecule has 0 spiro atoms. The van der Waals surface area contributed by atoms with E-state index in [0.717, 1.165) is 88.3 Å². The molecule has 8 aromatic carbocycles. The van der Waals surface area contributed by atoms with Crippen molar-refractivity contribution in [1.82, 2.24) is 19.5 Å². The summed E-state index contributed by atoms with van der Waals surface area (Å²) in [6, 6.07) is 67.3. The summed E-state index contributed by atoms with van der Waals surface area (Å²) in [4.78, 5) is 15.7. The number of furan rings is 1. The zero-order valence-electron chi connectivity index (χ0n) is 30.2. The standard InChI is InChI=1S/C51H32N4O/c1-4-15-33(16-5-1)36-21-12-22-37(31-36)49-52-50(38-29-30-42-46(32-38)56-45-28-14-25-40(48(42)45)35-19-8-3-9-20-35)54-51(53-49)55-43-26-11-10-23-41(43)47-39(24-13-27-44(47)55)34-17-6-2-7-18-34/h1-32H. The second kappa shape index (κ2) is 13.0. The van der Waals surface area contributed by atoms with Crippen molar-refractivity contribution >= 4 is 43.7 Å². The molecule has 0 unspecified atom stereocenters. The molecule has 0 N–H and O–H groups in total. The molecular formula is C51H32N4O.